The van der Waals surface area contributed by atoms with Crippen molar-refractivity contribution in [1.82, 2.24) is 4.98 Å². The average Bonchev–Trinajstić information content (AvgIpc) is 2.47. The number of carbonyl (C=O) groups excluding carboxylic acids is 1. The van der Waals surface area contributed by atoms with Crippen LogP contribution in [0.4, 0.5) is 5.69 Å². The van der Waals surface area contributed by atoms with Gasteiger partial charge in [0.1, 0.15) is 0 Å². The number of aliphatic carboxylic acids is 1. The smallest absolute Gasteiger partial charge is 0.328 e. The molecular formula is C16H14N2O3. The summed E-state index contributed by atoms with van der Waals surface area (Å²) in [5.41, 5.74) is 2.70. The largest absolute Gasteiger partial charge is 0.478 e. The lowest BCUT2D eigenvalue weighted by Crippen LogP contribution is -2.12. The van der Waals surface area contributed by atoms with Gasteiger partial charge in [0, 0.05) is 29.7 Å². The lowest BCUT2D eigenvalue weighted by molar-refractivity contribution is -0.131. The number of anilines is 1. The number of benzene rings is 1. The Morgan fingerprint density at radius 2 is 1.90 bits per heavy atom. The quantitative estimate of drug-likeness (QED) is 0.845. The zero-order valence-corrected chi connectivity index (χ0v) is 11.4. The van der Waals surface area contributed by atoms with Gasteiger partial charge in [-0.3, -0.25) is 9.78 Å². The minimum Gasteiger partial charge on any atom is -0.478 e. The summed E-state index contributed by atoms with van der Waals surface area (Å²) in [7, 11) is 0. The van der Waals surface area contributed by atoms with Crippen LogP contribution >= 0.6 is 0 Å². The molecule has 5 heteroatoms. The molecule has 21 heavy (non-hydrogen) atoms. The highest BCUT2D eigenvalue weighted by Gasteiger charge is 2.07. The summed E-state index contributed by atoms with van der Waals surface area (Å²) >= 11 is 0. The maximum Gasteiger partial charge on any atom is 0.328 e. The van der Waals surface area contributed by atoms with Crippen LogP contribution in [0.25, 0.3) is 6.08 Å². The number of pyridine rings is 1. The zero-order chi connectivity index (χ0) is 15.2. The Morgan fingerprint density at radius 3 is 2.57 bits per heavy atom. The number of aryl methyl sites for hydroxylation is 1. The molecule has 5 nitrogen and oxygen atoms in total. The highest BCUT2D eigenvalue weighted by atomic mass is 16.4. The molecule has 2 N–H and O–H groups in total. The van der Waals surface area contributed by atoms with Crippen LogP contribution in [0.5, 0.6) is 0 Å². The Bertz CT molecular complexity index is 694. The highest BCUT2D eigenvalue weighted by Crippen LogP contribution is 2.15. The summed E-state index contributed by atoms with van der Waals surface area (Å²) < 4.78 is 0. The van der Waals surface area contributed by atoms with Gasteiger partial charge < -0.3 is 10.4 Å². The summed E-state index contributed by atoms with van der Waals surface area (Å²) in [5, 5.41) is 11.4. The predicted molar refractivity (Wildman–Crippen MR) is 80.0 cm³/mol. The maximum atomic E-state index is 12.1. The molecule has 1 aromatic heterocycles. The van der Waals surface area contributed by atoms with Crippen LogP contribution in [-0.4, -0.2) is 22.0 Å². The fraction of sp³-hybridized carbons (Fsp3) is 0.0625. The molecule has 1 heterocycles. The van der Waals surface area contributed by atoms with Crippen molar-refractivity contribution in [2.24, 2.45) is 0 Å². The van der Waals surface area contributed by atoms with E-state index in [4.69, 9.17) is 5.11 Å². The minimum absolute atomic E-state index is 0.258. The number of amides is 1. The van der Waals surface area contributed by atoms with Gasteiger partial charge in [-0.2, -0.15) is 0 Å². The SMILES string of the molecule is Cc1ccc(C(=O)Nc2ccncc2)cc1/C=C/C(=O)O. The Kier molecular flexibility index (Phi) is 4.46. The number of hydrogen-bond donors (Lipinski definition) is 2. The molecule has 0 saturated heterocycles. The van der Waals surface area contributed by atoms with E-state index in [-0.39, 0.29) is 5.91 Å². The Labute approximate surface area is 122 Å². The summed E-state index contributed by atoms with van der Waals surface area (Å²) in [6.45, 7) is 1.85. The van der Waals surface area contributed by atoms with Crippen LogP contribution in [0, 0.1) is 6.92 Å². The summed E-state index contributed by atoms with van der Waals surface area (Å²) in [6, 6.07) is 8.52. The number of nitrogens with zero attached hydrogens (tertiary/aromatic N) is 1. The molecular weight excluding hydrogens is 268 g/mol. The van der Waals surface area contributed by atoms with E-state index in [1.807, 2.05) is 6.92 Å². The Balaban J connectivity index is 2.22. The highest BCUT2D eigenvalue weighted by molar-refractivity contribution is 6.04. The molecule has 0 unspecified atom stereocenters. The first-order chi connectivity index (χ1) is 10.1. The van der Waals surface area contributed by atoms with E-state index < -0.39 is 5.97 Å². The van der Waals surface area contributed by atoms with Crippen molar-refractivity contribution in [2.75, 3.05) is 5.32 Å². The van der Waals surface area contributed by atoms with Gasteiger partial charge in [0.15, 0.2) is 0 Å². The molecule has 0 aliphatic rings. The lowest BCUT2D eigenvalue weighted by Gasteiger charge is -2.07. The van der Waals surface area contributed by atoms with Gasteiger partial charge >= 0.3 is 5.97 Å². The predicted octanol–water partition coefficient (Wildman–Crippen LogP) is 2.74. The first kappa shape index (κ1) is 14.5. The van der Waals surface area contributed by atoms with E-state index in [0.717, 1.165) is 11.6 Å². The number of nitrogens with one attached hydrogen (secondary N) is 1. The van der Waals surface area contributed by atoms with E-state index in [0.29, 0.717) is 16.8 Å². The van der Waals surface area contributed by atoms with Crippen molar-refractivity contribution >= 4 is 23.6 Å². The van der Waals surface area contributed by atoms with E-state index in [1.165, 1.54) is 6.08 Å². The molecule has 0 saturated carbocycles. The van der Waals surface area contributed by atoms with Gasteiger partial charge in [-0.05, 0) is 48.4 Å². The van der Waals surface area contributed by atoms with Gasteiger partial charge in [-0.15, -0.1) is 0 Å². The molecule has 1 aromatic carbocycles. The van der Waals surface area contributed by atoms with Crippen molar-refractivity contribution in [3.63, 3.8) is 0 Å². The minimum atomic E-state index is -1.03. The van der Waals surface area contributed by atoms with Crippen molar-refractivity contribution in [3.05, 3.63) is 65.5 Å². The number of carboxylic acid groups (broad SMARTS) is 1. The van der Waals surface area contributed by atoms with Crippen LogP contribution in [0.15, 0.2) is 48.8 Å². The van der Waals surface area contributed by atoms with Crippen LogP contribution < -0.4 is 5.32 Å². The molecule has 0 spiro atoms. The summed E-state index contributed by atoms with van der Waals surface area (Å²) in [5.74, 6) is -1.28. The third kappa shape index (κ3) is 4.01. The average molecular weight is 282 g/mol. The van der Waals surface area contributed by atoms with Crippen LogP contribution in [0.1, 0.15) is 21.5 Å². The monoisotopic (exact) mass is 282 g/mol. The van der Waals surface area contributed by atoms with E-state index in [2.05, 4.69) is 10.3 Å². The van der Waals surface area contributed by atoms with Gasteiger partial charge in [-0.1, -0.05) is 6.07 Å². The normalized spacial score (nSPS) is 10.5. The van der Waals surface area contributed by atoms with Crippen molar-refractivity contribution in [1.29, 1.82) is 0 Å². The fourth-order valence-corrected chi connectivity index (χ4v) is 1.76. The van der Waals surface area contributed by atoms with Crippen molar-refractivity contribution in [3.8, 4) is 0 Å². The van der Waals surface area contributed by atoms with Crippen molar-refractivity contribution in [2.45, 2.75) is 6.92 Å². The third-order valence-corrected chi connectivity index (χ3v) is 2.89. The number of carbonyl (C=O) groups is 2. The van der Waals surface area contributed by atoms with Gasteiger partial charge in [0.2, 0.25) is 0 Å². The van der Waals surface area contributed by atoms with Gasteiger partial charge in [0.05, 0.1) is 0 Å². The van der Waals surface area contributed by atoms with E-state index in [9.17, 15) is 9.59 Å². The second-order valence-corrected chi connectivity index (χ2v) is 4.43. The molecule has 106 valence electrons. The standard InChI is InChI=1S/C16H14N2O3/c1-11-2-3-13(10-12(11)4-5-15(19)20)16(21)18-14-6-8-17-9-7-14/h2-10H,1H3,(H,19,20)(H,17,18,21)/b5-4+. The summed E-state index contributed by atoms with van der Waals surface area (Å²) in [6.07, 6.45) is 5.70. The second-order valence-electron chi connectivity index (χ2n) is 4.43. The molecule has 2 rings (SSSR count). The number of rotatable bonds is 4. The first-order valence-corrected chi connectivity index (χ1v) is 6.29. The Hall–Kier alpha value is -2.95. The fourth-order valence-electron chi connectivity index (χ4n) is 1.76. The van der Waals surface area contributed by atoms with Crippen molar-refractivity contribution < 1.29 is 14.7 Å². The molecule has 0 fully saturated rings. The third-order valence-electron chi connectivity index (χ3n) is 2.89. The summed E-state index contributed by atoms with van der Waals surface area (Å²) in [4.78, 5) is 26.6. The number of carboxylic acids is 1. The van der Waals surface area contributed by atoms with Gasteiger partial charge in [0.25, 0.3) is 5.91 Å². The molecule has 0 bridgehead atoms. The molecule has 2 aromatic rings. The first-order valence-electron chi connectivity index (χ1n) is 6.29. The molecule has 0 atom stereocenters. The molecule has 0 radical (unpaired) electrons. The zero-order valence-electron chi connectivity index (χ0n) is 11.4. The topological polar surface area (TPSA) is 79.3 Å². The lowest BCUT2D eigenvalue weighted by atomic mass is 10.0. The molecule has 1 amide bonds. The number of aromatic nitrogens is 1. The maximum absolute atomic E-state index is 12.1. The second kappa shape index (κ2) is 6.47. The molecule has 0 aliphatic carbocycles. The van der Waals surface area contributed by atoms with E-state index >= 15 is 0 Å². The van der Waals surface area contributed by atoms with Gasteiger partial charge in [-0.25, -0.2) is 4.79 Å². The van der Waals surface area contributed by atoms with Crippen LogP contribution in [-0.2, 0) is 4.79 Å². The number of hydrogen-bond acceptors (Lipinski definition) is 3. The Morgan fingerprint density at radius 1 is 1.19 bits per heavy atom. The van der Waals surface area contributed by atoms with E-state index in [1.54, 1.807) is 42.7 Å². The molecule has 0 aliphatic heterocycles. The van der Waals surface area contributed by atoms with Crippen LogP contribution in [0.2, 0.25) is 0 Å². The van der Waals surface area contributed by atoms with Crippen LogP contribution in [0.3, 0.4) is 0 Å².